The molecule has 0 aliphatic heterocycles. The maximum Gasteiger partial charge on any atom is 0.408 e. The quantitative estimate of drug-likeness (QED) is 0.545. The largest absolute Gasteiger partial charge is 0.445 e. The van der Waals surface area contributed by atoms with Crippen molar-refractivity contribution in [2.24, 2.45) is 0 Å². The molecule has 7 nitrogen and oxygen atoms in total. The van der Waals surface area contributed by atoms with E-state index in [1.54, 1.807) is 31.3 Å². The molecule has 0 aliphatic carbocycles. The summed E-state index contributed by atoms with van der Waals surface area (Å²) in [6, 6.07) is 24.8. The molecule has 3 amide bonds. The number of rotatable bonds is 8. The molecule has 33 heavy (non-hydrogen) atoms. The number of hydrogen-bond acceptors (Lipinski definition) is 4. The first-order valence-corrected chi connectivity index (χ1v) is 10.6. The Kier molecular flexibility index (Phi) is 8.18. The second kappa shape index (κ2) is 11.5. The highest BCUT2D eigenvalue weighted by molar-refractivity contribution is 5.97. The summed E-state index contributed by atoms with van der Waals surface area (Å²) in [5.41, 5.74) is 3.02. The molecule has 0 bridgehead atoms. The normalized spacial score (nSPS) is 11.2. The third-order valence-electron chi connectivity index (χ3n) is 5.10. The van der Waals surface area contributed by atoms with Gasteiger partial charge in [0.05, 0.1) is 0 Å². The Labute approximate surface area is 193 Å². The Morgan fingerprint density at radius 3 is 2.00 bits per heavy atom. The molecule has 0 saturated carbocycles. The van der Waals surface area contributed by atoms with E-state index < -0.39 is 12.1 Å². The zero-order valence-electron chi connectivity index (χ0n) is 18.7. The van der Waals surface area contributed by atoms with Crippen molar-refractivity contribution in [2.45, 2.75) is 26.0 Å². The third-order valence-corrected chi connectivity index (χ3v) is 5.10. The van der Waals surface area contributed by atoms with Crippen molar-refractivity contribution in [1.82, 2.24) is 5.32 Å². The number of carbonyl (C=O) groups excluding carboxylic acids is 3. The van der Waals surface area contributed by atoms with E-state index in [1.165, 1.54) is 11.8 Å². The van der Waals surface area contributed by atoms with Gasteiger partial charge in [-0.3, -0.25) is 9.59 Å². The van der Waals surface area contributed by atoms with E-state index in [0.717, 1.165) is 11.1 Å². The molecule has 3 rings (SSSR count). The van der Waals surface area contributed by atoms with Crippen molar-refractivity contribution >= 4 is 29.3 Å². The van der Waals surface area contributed by atoms with Crippen molar-refractivity contribution in [3.05, 3.63) is 96.1 Å². The van der Waals surface area contributed by atoms with Crippen LogP contribution in [0.4, 0.5) is 16.2 Å². The Balaban J connectivity index is 1.66. The molecule has 2 N–H and O–H groups in total. The van der Waals surface area contributed by atoms with Gasteiger partial charge in [-0.2, -0.15) is 0 Å². The summed E-state index contributed by atoms with van der Waals surface area (Å²) >= 11 is 0. The Morgan fingerprint density at radius 2 is 1.42 bits per heavy atom. The van der Waals surface area contributed by atoms with Crippen molar-refractivity contribution in [3.8, 4) is 0 Å². The average molecular weight is 446 g/mol. The SMILES string of the molecule is CC(=O)N(C)c1ccc(NC(=O)C(Cc2ccccc2)NC(=O)OCc2ccccc2)cc1. The van der Waals surface area contributed by atoms with E-state index in [0.29, 0.717) is 17.8 Å². The van der Waals surface area contributed by atoms with E-state index >= 15 is 0 Å². The molecule has 0 spiro atoms. The predicted molar refractivity (Wildman–Crippen MR) is 128 cm³/mol. The second-order valence-electron chi connectivity index (χ2n) is 7.56. The van der Waals surface area contributed by atoms with Crippen LogP contribution in [0.5, 0.6) is 0 Å². The first-order chi connectivity index (χ1) is 15.9. The predicted octanol–water partition coefficient (Wildman–Crippen LogP) is 4.15. The van der Waals surface area contributed by atoms with Crippen LogP contribution in [0, 0.1) is 0 Å². The number of benzene rings is 3. The zero-order chi connectivity index (χ0) is 23.6. The van der Waals surface area contributed by atoms with Crippen molar-refractivity contribution < 1.29 is 19.1 Å². The van der Waals surface area contributed by atoms with E-state index in [-0.39, 0.29) is 18.4 Å². The lowest BCUT2D eigenvalue weighted by Gasteiger charge is -2.19. The van der Waals surface area contributed by atoms with Crippen LogP contribution >= 0.6 is 0 Å². The highest BCUT2D eigenvalue weighted by Gasteiger charge is 2.22. The molecule has 0 aromatic heterocycles. The lowest BCUT2D eigenvalue weighted by Crippen LogP contribution is -2.45. The lowest BCUT2D eigenvalue weighted by molar-refractivity contribution is -0.118. The van der Waals surface area contributed by atoms with Crippen molar-refractivity contribution in [3.63, 3.8) is 0 Å². The lowest BCUT2D eigenvalue weighted by atomic mass is 10.1. The molecule has 170 valence electrons. The molecule has 0 aliphatic rings. The summed E-state index contributed by atoms with van der Waals surface area (Å²) in [6.45, 7) is 1.59. The van der Waals surface area contributed by atoms with Crippen molar-refractivity contribution in [2.75, 3.05) is 17.3 Å². The maximum atomic E-state index is 13.0. The number of alkyl carbamates (subject to hydrolysis) is 1. The number of anilines is 2. The van der Waals surface area contributed by atoms with Crippen LogP contribution in [0.1, 0.15) is 18.1 Å². The third kappa shape index (κ3) is 7.21. The second-order valence-corrected chi connectivity index (χ2v) is 7.56. The van der Waals surface area contributed by atoms with Gasteiger partial charge >= 0.3 is 6.09 Å². The fraction of sp³-hybridized carbons (Fsp3) is 0.192. The number of amides is 3. The van der Waals surface area contributed by atoms with Gasteiger partial charge in [-0.15, -0.1) is 0 Å². The Hall–Kier alpha value is -4.13. The fourth-order valence-corrected chi connectivity index (χ4v) is 3.15. The van der Waals surface area contributed by atoms with E-state index in [9.17, 15) is 14.4 Å². The smallest absolute Gasteiger partial charge is 0.408 e. The summed E-state index contributed by atoms with van der Waals surface area (Å²) in [7, 11) is 1.68. The molecular weight excluding hydrogens is 418 g/mol. The topological polar surface area (TPSA) is 87.7 Å². The molecular formula is C26H27N3O4. The van der Waals surface area contributed by atoms with E-state index in [1.807, 2.05) is 60.7 Å². The minimum Gasteiger partial charge on any atom is -0.445 e. The fourth-order valence-electron chi connectivity index (χ4n) is 3.15. The highest BCUT2D eigenvalue weighted by Crippen LogP contribution is 2.17. The first-order valence-electron chi connectivity index (χ1n) is 10.6. The molecule has 7 heteroatoms. The van der Waals surface area contributed by atoms with Gasteiger partial charge in [-0.05, 0) is 35.4 Å². The molecule has 3 aromatic carbocycles. The van der Waals surface area contributed by atoms with Crippen molar-refractivity contribution in [1.29, 1.82) is 0 Å². The highest BCUT2D eigenvalue weighted by atomic mass is 16.5. The molecule has 0 radical (unpaired) electrons. The molecule has 0 saturated heterocycles. The Bertz CT molecular complexity index is 1070. The minimum absolute atomic E-state index is 0.0899. The molecule has 0 fully saturated rings. The van der Waals surface area contributed by atoms with Gasteiger partial charge in [-0.25, -0.2) is 4.79 Å². The van der Waals surface area contributed by atoms with Gasteiger partial charge in [0.1, 0.15) is 12.6 Å². The van der Waals surface area contributed by atoms with Crippen LogP contribution in [0.3, 0.4) is 0 Å². The van der Waals surface area contributed by atoms with Gasteiger partial charge in [0, 0.05) is 31.8 Å². The number of nitrogens with zero attached hydrogens (tertiary/aromatic N) is 1. The first kappa shape index (κ1) is 23.5. The minimum atomic E-state index is -0.838. The van der Waals surface area contributed by atoms with Gasteiger partial charge in [0.2, 0.25) is 11.8 Å². The van der Waals surface area contributed by atoms with Crippen LogP contribution in [0.15, 0.2) is 84.9 Å². The summed E-state index contributed by atoms with van der Waals surface area (Å²) in [6.07, 6.45) is -0.369. The Morgan fingerprint density at radius 1 is 0.848 bits per heavy atom. The van der Waals surface area contributed by atoms with Crippen LogP contribution in [-0.2, 0) is 27.4 Å². The monoisotopic (exact) mass is 445 g/mol. The molecule has 1 atom stereocenters. The number of ether oxygens (including phenoxy) is 1. The van der Waals surface area contributed by atoms with Gasteiger partial charge in [0.15, 0.2) is 0 Å². The maximum absolute atomic E-state index is 13.0. The summed E-state index contributed by atoms with van der Waals surface area (Å²) in [5.74, 6) is -0.462. The van der Waals surface area contributed by atoms with Gasteiger partial charge in [0.25, 0.3) is 0 Å². The summed E-state index contributed by atoms with van der Waals surface area (Å²) in [5, 5.41) is 5.50. The number of carbonyl (C=O) groups is 3. The van der Waals surface area contributed by atoms with Crippen LogP contribution in [0.2, 0.25) is 0 Å². The van der Waals surface area contributed by atoms with E-state index in [4.69, 9.17) is 4.74 Å². The van der Waals surface area contributed by atoms with Crippen LogP contribution < -0.4 is 15.5 Å². The van der Waals surface area contributed by atoms with Crippen LogP contribution in [-0.4, -0.2) is 31.0 Å². The summed E-state index contributed by atoms with van der Waals surface area (Å²) < 4.78 is 5.29. The van der Waals surface area contributed by atoms with Gasteiger partial charge < -0.3 is 20.3 Å². The van der Waals surface area contributed by atoms with Crippen LogP contribution in [0.25, 0.3) is 0 Å². The molecule has 1 unspecified atom stereocenters. The van der Waals surface area contributed by atoms with Gasteiger partial charge in [-0.1, -0.05) is 60.7 Å². The molecule has 0 heterocycles. The average Bonchev–Trinajstić information content (AvgIpc) is 2.83. The number of hydrogen-bond donors (Lipinski definition) is 2. The standard InChI is InChI=1S/C26H27N3O4/c1-19(30)29(2)23-15-13-22(14-16-23)27-25(31)24(17-20-9-5-3-6-10-20)28-26(32)33-18-21-11-7-4-8-12-21/h3-16,24H,17-18H2,1-2H3,(H,27,31)(H,28,32). The zero-order valence-corrected chi connectivity index (χ0v) is 18.7. The van der Waals surface area contributed by atoms with E-state index in [2.05, 4.69) is 10.6 Å². The molecule has 3 aromatic rings. The summed E-state index contributed by atoms with van der Waals surface area (Å²) in [4.78, 5) is 38.4. The number of nitrogens with one attached hydrogen (secondary N) is 2.